The third-order valence-electron chi connectivity index (χ3n) is 3.72. The Morgan fingerprint density at radius 3 is 1.19 bits per heavy atom. The molecule has 0 saturated heterocycles. The molecule has 5 rings (SSSR count). The lowest BCUT2D eigenvalue weighted by molar-refractivity contribution is 0.940. The van der Waals surface area contributed by atoms with Crippen LogP contribution in [0, 0.1) is 0 Å². The fourth-order valence-corrected chi connectivity index (χ4v) is 2.84. The first-order valence-electron chi connectivity index (χ1n) is 6.86. The molecule has 21 heavy (non-hydrogen) atoms. The van der Waals surface area contributed by atoms with Crippen LogP contribution in [0.4, 0.5) is 0 Å². The lowest BCUT2D eigenvalue weighted by atomic mass is 9.95. The van der Waals surface area contributed by atoms with Gasteiger partial charge in [0.25, 0.3) is 0 Å². The zero-order valence-corrected chi connectivity index (χ0v) is 11.3. The van der Waals surface area contributed by atoms with Gasteiger partial charge < -0.3 is 0 Å². The Kier molecular flexibility index (Phi) is 2.75. The highest BCUT2D eigenvalue weighted by atomic mass is 15.3. The standard InChI is InChI=1S/C16H10.C2H3N3/c1-3-11-7-9-13-5-2-6-14-10-8-12(4-1)15(11)16(13)14;1-2-4-5-3-1/h1-10H;1-2H,(H,3,4,5). The summed E-state index contributed by atoms with van der Waals surface area (Å²) in [7, 11) is 0. The van der Waals surface area contributed by atoms with Crippen molar-refractivity contribution in [3.05, 3.63) is 73.1 Å². The van der Waals surface area contributed by atoms with Crippen molar-refractivity contribution in [3.8, 4) is 0 Å². The molecule has 0 unspecified atom stereocenters. The van der Waals surface area contributed by atoms with E-state index in [2.05, 4.69) is 76.1 Å². The Balaban J connectivity index is 0.000000197. The Hall–Kier alpha value is -2.94. The van der Waals surface area contributed by atoms with Gasteiger partial charge in [0.1, 0.15) is 0 Å². The van der Waals surface area contributed by atoms with Gasteiger partial charge in [0.15, 0.2) is 0 Å². The predicted molar refractivity (Wildman–Crippen MR) is 86.5 cm³/mol. The number of nitrogens with one attached hydrogen (secondary N) is 1. The zero-order valence-electron chi connectivity index (χ0n) is 11.3. The van der Waals surface area contributed by atoms with E-state index >= 15 is 0 Å². The molecule has 1 aromatic heterocycles. The molecule has 4 aromatic carbocycles. The lowest BCUT2D eigenvalue weighted by Gasteiger charge is -2.09. The molecule has 0 bridgehead atoms. The minimum absolute atomic E-state index is 1.34. The highest BCUT2D eigenvalue weighted by Gasteiger charge is 2.05. The monoisotopic (exact) mass is 271 g/mol. The quantitative estimate of drug-likeness (QED) is 0.424. The van der Waals surface area contributed by atoms with Gasteiger partial charge in [-0.3, -0.25) is 0 Å². The topological polar surface area (TPSA) is 41.6 Å². The van der Waals surface area contributed by atoms with E-state index in [0.29, 0.717) is 0 Å². The molecule has 3 heteroatoms. The van der Waals surface area contributed by atoms with Gasteiger partial charge >= 0.3 is 0 Å². The smallest absolute Gasteiger partial charge is 0.0690 e. The molecule has 0 amide bonds. The van der Waals surface area contributed by atoms with Crippen LogP contribution >= 0.6 is 0 Å². The first-order chi connectivity index (χ1) is 10.4. The van der Waals surface area contributed by atoms with E-state index in [1.165, 1.54) is 32.3 Å². The van der Waals surface area contributed by atoms with Gasteiger partial charge in [-0.25, -0.2) is 0 Å². The van der Waals surface area contributed by atoms with Crippen LogP contribution in [0.25, 0.3) is 32.3 Å². The minimum Gasteiger partial charge on any atom is -0.198 e. The third-order valence-corrected chi connectivity index (χ3v) is 3.72. The van der Waals surface area contributed by atoms with Gasteiger partial charge in [-0.05, 0) is 32.3 Å². The second-order valence-corrected chi connectivity index (χ2v) is 4.95. The van der Waals surface area contributed by atoms with E-state index in [1.54, 1.807) is 12.4 Å². The number of aromatic amines is 1. The van der Waals surface area contributed by atoms with Gasteiger partial charge in [-0.2, -0.15) is 15.4 Å². The van der Waals surface area contributed by atoms with Crippen LogP contribution in [0.1, 0.15) is 0 Å². The zero-order chi connectivity index (χ0) is 14.1. The summed E-state index contributed by atoms with van der Waals surface area (Å²) in [6.07, 6.45) is 3.17. The molecular weight excluding hydrogens is 258 g/mol. The molecule has 1 N–H and O–H groups in total. The first kappa shape index (κ1) is 11.9. The van der Waals surface area contributed by atoms with Gasteiger partial charge in [-0.15, -0.1) is 0 Å². The molecule has 0 aliphatic carbocycles. The Bertz CT molecular complexity index is 840. The van der Waals surface area contributed by atoms with Gasteiger partial charge in [-0.1, -0.05) is 60.7 Å². The lowest BCUT2D eigenvalue weighted by Crippen LogP contribution is -1.82. The van der Waals surface area contributed by atoms with Gasteiger partial charge in [0.05, 0.1) is 12.4 Å². The fourth-order valence-electron chi connectivity index (χ4n) is 2.84. The van der Waals surface area contributed by atoms with E-state index < -0.39 is 0 Å². The Morgan fingerprint density at radius 1 is 0.524 bits per heavy atom. The van der Waals surface area contributed by atoms with Crippen molar-refractivity contribution in [2.45, 2.75) is 0 Å². The second kappa shape index (κ2) is 4.87. The summed E-state index contributed by atoms with van der Waals surface area (Å²) < 4.78 is 0. The number of hydrogen-bond acceptors (Lipinski definition) is 2. The number of nitrogens with zero attached hydrogens (tertiary/aromatic N) is 2. The molecule has 0 atom stereocenters. The Morgan fingerprint density at radius 2 is 0.905 bits per heavy atom. The van der Waals surface area contributed by atoms with Gasteiger partial charge in [0.2, 0.25) is 0 Å². The van der Waals surface area contributed by atoms with Crippen LogP contribution in [-0.2, 0) is 0 Å². The number of aromatic nitrogens is 3. The molecule has 0 spiro atoms. The van der Waals surface area contributed by atoms with E-state index in [9.17, 15) is 0 Å². The van der Waals surface area contributed by atoms with E-state index in [1.807, 2.05) is 0 Å². The molecule has 3 nitrogen and oxygen atoms in total. The molecule has 5 aromatic rings. The van der Waals surface area contributed by atoms with Crippen LogP contribution < -0.4 is 0 Å². The van der Waals surface area contributed by atoms with Crippen LogP contribution in [0.15, 0.2) is 73.1 Å². The maximum absolute atomic E-state index is 3.49. The molecule has 0 radical (unpaired) electrons. The number of rotatable bonds is 0. The van der Waals surface area contributed by atoms with E-state index in [-0.39, 0.29) is 0 Å². The summed E-state index contributed by atoms with van der Waals surface area (Å²) in [5.41, 5.74) is 0. The molecule has 0 saturated carbocycles. The largest absolute Gasteiger partial charge is 0.198 e. The highest BCUT2D eigenvalue weighted by molar-refractivity contribution is 6.22. The SMILES string of the molecule is c1cc2ccc3cccc4ccc(c1)c2c34.c1cn[nH]n1. The first-order valence-corrected chi connectivity index (χ1v) is 6.86. The number of H-pyrrole nitrogens is 1. The fraction of sp³-hybridized carbons (Fsp3) is 0. The van der Waals surface area contributed by atoms with Crippen molar-refractivity contribution in [1.29, 1.82) is 0 Å². The maximum atomic E-state index is 3.49. The van der Waals surface area contributed by atoms with Crippen LogP contribution in [0.2, 0.25) is 0 Å². The molecule has 1 heterocycles. The van der Waals surface area contributed by atoms with Crippen molar-refractivity contribution < 1.29 is 0 Å². The molecule has 0 aliphatic heterocycles. The van der Waals surface area contributed by atoms with Crippen molar-refractivity contribution in [1.82, 2.24) is 15.4 Å². The molecule has 0 aliphatic rings. The molecule has 0 fully saturated rings. The van der Waals surface area contributed by atoms with Crippen molar-refractivity contribution in [2.24, 2.45) is 0 Å². The summed E-state index contributed by atoms with van der Waals surface area (Å²) in [5.74, 6) is 0. The maximum Gasteiger partial charge on any atom is 0.0690 e. The third kappa shape index (κ3) is 1.99. The average molecular weight is 271 g/mol. The summed E-state index contributed by atoms with van der Waals surface area (Å²) in [4.78, 5) is 0. The average Bonchev–Trinajstić information content (AvgIpc) is 3.13. The molecular formula is C18H13N3. The van der Waals surface area contributed by atoms with Crippen molar-refractivity contribution in [2.75, 3.05) is 0 Å². The highest BCUT2D eigenvalue weighted by Crippen LogP contribution is 2.33. The van der Waals surface area contributed by atoms with Crippen molar-refractivity contribution in [3.63, 3.8) is 0 Å². The summed E-state index contributed by atoms with van der Waals surface area (Å²) in [5, 5.41) is 17.5. The summed E-state index contributed by atoms with van der Waals surface area (Å²) >= 11 is 0. The van der Waals surface area contributed by atoms with Crippen LogP contribution in [0.5, 0.6) is 0 Å². The van der Waals surface area contributed by atoms with Gasteiger partial charge in [0, 0.05) is 0 Å². The minimum atomic E-state index is 1.34. The summed E-state index contributed by atoms with van der Waals surface area (Å²) in [6.45, 7) is 0. The van der Waals surface area contributed by atoms with Crippen LogP contribution in [0.3, 0.4) is 0 Å². The predicted octanol–water partition coefficient (Wildman–Crippen LogP) is 4.39. The Labute approximate surface area is 121 Å². The second-order valence-electron chi connectivity index (χ2n) is 4.95. The number of hydrogen-bond donors (Lipinski definition) is 1. The van der Waals surface area contributed by atoms with E-state index in [4.69, 9.17) is 0 Å². The normalized spacial score (nSPS) is 10.9. The van der Waals surface area contributed by atoms with Crippen LogP contribution in [-0.4, -0.2) is 15.4 Å². The number of benzene rings is 4. The van der Waals surface area contributed by atoms with Crippen molar-refractivity contribution >= 4 is 32.3 Å². The summed E-state index contributed by atoms with van der Waals surface area (Å²) in [6, 6.07) is 21.9. The van der Waals surface area contributed by atoms with E-state index in [0.717, 1.165) is 0 Å². The molecule has 100 valence electrons.